The fraction of sp³-hybridized carbons (Fsp3) is 0.364. The first-order chi connectivity index (χ1) is 7.18. The summed E-state index contributed by atoms with van der Waals surface area (Å²) in [7, 11) is -1.46. The summed E-state index contributed by atoms with van der Waals surface area (Å²) in [6.45, 7) is 0. The molecule has 0 atom stereocenters. The van der Waals surface area contributed by atoms with E-state index in [0.29, 0.717) is 5.46 Å². The van der Waals surface area contributed by atoms with Gasteiger partial charge in [-0.05, 0) is 30.3 Å². The minimum Gasteiger partial charge on any atom is -0.423 e. The van der Waals surface area contributed by atoms with Crippen LogP contribution in [0.25, 0.3) is 0 Å². The second-order valence-electron chi connectivity index (χ2n) is 4.05. The third kappa shape index (κ3) is 1.65. The van der Waals surface area contributed by atoms with Crippen LogP contribution in [0.1, 0.15) is 24.8 Å². The lowest BCUT2D eigenvalue weighted by molar-refractivity contribution is 0.324. The van der Waals surface area contributed by atoms with Crippen molar-refractivity contribution in [2.75, 3.05) is 0 Å². The van der Waals surface area contributed by atoms with Gasteiger partial charge in [0.2, 0.25) is 0 Å². The fourth-order valence-corrected chi connectivity index (χ4v) is 1.99. The third-order valence-electron chi connectivity index (χ3n) is 3.16. The highest BCUT2D eigenvalue weighted by Gasteiger charge is 2.39. The van der Waals surface area contributed by atoms with Gasteiger partial charge in [-0.3, -0.25) is 0 Å². The Morgan fingerprint density at radius 2 is 2.07 bits per heavy atom. The van der Waals surface area contributed by atoms with Gasteiger partial charge in [-0.1, -0.05) is 24.3 Å². The minimum atomic E-state index is -1.46. The predicted octanol–water partition coefficient (Wildman–Crippen LogP) is 0.312. The number of benzene rings is 1. The van der Waals surface area contributed by atoms with Crippen molar-refractivity contribution in [2.24, 2.45) is 0 Å². The van der Waals surface area contributed by atoms with E-state index in [4.69, 9.17) is 15.3 Å². The van der Waals surface area contributed by atoms with Gasteiger partial charge in [0.25, 0.3) is 0 Å². The van der Waals surface area contributed by atoms with E-state index in [1.165, 1.54) is 0 Å². The van der Waals surface area contributed by atoms with Crippen molar-refractivity contribution in [2.45, 2.75) is 24.7 Å². The zero-order valence-corrected chi connectivity index (χ0v) is 8.35. The Morgan fingerprint density at radius 1 is 1.33 bits per heavy atom. The minimum absolute atomic E-state index is 0.384. The smallest absolute Gasteiger partial charge is 0.423 e. The van der Waals surface area contributed by atoms with E-state index < -0.39 is 7.12 Å². The Hall–Kier alpha value is -1.31. The molecule has 2 N–H and O–H groups in total. The molecule has 0 amide bonds. The van der Waals surface area contributed by atoms with Gasteiger partial charge in [0.05, 0.1) is 11.5 Å². The molecule has 1 aliphatic carbocycles. The molecule has 1 aromatic carbocycles. The average molecular weight is 201 g/mol. The highest BCUT2D eigenvalue weighted by molar-refractivity contribution is 6.58. The number of hydrogen-bond donors (Lipinski definition) is 2. The van der Waals surface area contributed by atoms with Crippen molar-refractivity contribution >= 4 is 12.6 Å². The largest absolute Gasteiger partial charge is 0.488 e. The quantitative estimate of drug-likeness (QED) is 0.677. The van der Waals surface area contributed by atoms with Crippen molar-refractivity contribution in [1.82, 2.24) is 0 Å². The van der Waals surface area contributed by atoms with Crippen LogP contribution in [0.15, 0.2) is 24.3 Å². The molecule has 15 heavy (non-hydrogen) atoms. The molecule has 1 saturated carbocycles. The Labute approximate surface area is 89.1 Å². The molecule has 76 valence electrons. The SMILES string of the molecule is N#CC1(c2cccc(B(O)O)c2)CCC1. The van der Waals surface area contributed by atoms with E-state index in [0.717, 1.165) is 24.8 Å². The summed E-state index contributed by atoms with van der Waals surface area (Å²) in [5, 5.41) is 27.2. The van der Waals surface area contributed by atoms with Crippen LogP contribution in [-0.2, 0) is 5.41 Å². The molecule has 1 aliphatic rings. The molecular formula is C11H12BNO2. The monoisotopic (exact) mass is 201 g/mol. The van der Waals surface area contributed by atoms with Crippen LogP contribution in [0.3, 0.4) is 0 Å². The first kappa shape index (κ1) is 10.2. The van der Waals surface area contributed by atoms with Gasteiger partial charge < -0.3 is 10.0 Å². The lowest BCUT2D eigenvalue weighted by atomic mass is 9.64. The van der Waals surface area contributed by atoms with Crippen LogP contribution in [0, 0.1) is 11.3 Å². The molecule has 0 saturated heterocycles. The summed E-state index contributed by atoms with van der Waals surface area (Å²) in [6.07, 6.45) is 2.81. The Kier molecular flexibility index (Phi) is 2.51. The van der Waals surface area contributed by atoms with Crippen LogP contribution >= 0.6 is 0 Å². The topological polar surface area (TPSA) is 64.2 Å². The zero-order valence-electron chi connectivity index (χ0n) is 8.35. The molecule has 1 fully saturated rings. The molecule has 0 heterocycles. The van der Waals surface area contributed by atoms with E-state index in [1.807, 2.05) is 6.07 Å². The summed E-state index contributed by atoms with van der Waals surface area (Å²) in [5.41, 5.74) is 0.973. The number of nitrogens with zero attached hydrogens (tertiary/aromatic N) is 1. The van der Waals surface area contributed by atoms with Gasteiger partial charge >= 0.3 is 7.12 Å². The second-order valence-corrected chi connectivity index (χ2v) is 4.05. The van der Waals surface area contributed by atoms with Crippen LogP contribution in [-0.4, -0.2) is 17.2 Å². The molecule has 1 aromatic rings. The number of hydrogen-bond acceptors (Lipinski definition) is 3. The van der Waals surface area contributed by atoms with Crippen LogP contribution in [0.2, 0.25) is 0 Å². The Bertz CT molecular complexity index is 407. The van der Waals surface area contributed by atoms with Gasteiger partial charge in [0, 0.05) is 0 Å². The summed E-state index contributed by atoms with van der Waals surface area (Å²) < 4.78 is 0. The van der Waals surface area contributed by atoms with Gasteiger partial charge in [0.1, 0.15) is 0 Å². The average Bonchev–Trinajstić information content (AvgIpc) is 2.17. The Balaban J connectivity index is 2.37. The van der Waals surface area contributed by atoms with Gasteiger partial charge in [0.15, 0.2) is 0 Å². The standard InChI is InChI=1S/C11H12BNO2/c13-8-11(5-2-6-11)9-3-1-4-10(7-9)12(14)15/h1,3-4,7,14-15H,2,5-6H2. The summed E-state index contributed by atoms with van der Waals surface area (Å²) in [4.78, 5) is 0. The molecule has 0 aromatic heterocycles. The Morgan fingerprint density at radius 3 is 2.53 bits per heavy atom. The summed E-state index contributed by atoms with van der Waals surface area (Å²) >= 11 is 0. The summed E-state index contributed by atoms with van der Waals surface area (Å²) in [6, 6.07) is 9.35. The lowest BCUT2D eigenvalue weighted by Crippen LogP contribution is -2.36. The zero-order chi connectivity index (χ0) is 10.9. The molecular weight excluding hydrogens is 189 g/mol. The molecule has 4 heteroatoms. The molecule has 0 unspecified atom stereocenters. The maximum atomic E-state index is 9.14. The molecule has 3 nitrogen and oxygen atoms in total. The van der Waals surface area contributed by atoms with E-state index in [-0.39, 0.29) is 5.41 Å². The van der Waals surface area contributed by atoms with E-state index in [1.54, 1.807) is 18.2 Å². The molecule has 0 bridgehead atoms. The van der Waals surface area contributed by atoms with Gasteiger partial charge in [-0.25, -0.2) is 0 Å². The van der Waals surface area contributed by atoms with Crippen molar-refractivity contribution in [3.63, 3.8) is 0 Å². The van der Waals surface area contributed by atoms with Crippen molar-refractivity contribution < 1.29 is 10.0 Å². The lowest BCUT2D eigenvalue weighted by Gasteiger charge is -2.35. The molecule has 2 rings (SSSR count). The van der Waals surface area contributed by atoms with Crippen LogP contribution in [0.5, 0.6) is 0 Å². The predicted molar refractivity (Wildman–Crippen MR) is 57.4 cm³/mol. The van der Waals surface area contributed by atoms with Crippen LogP contribution in [0.4, 0.5) is 0 Å². The molecule has 0 aliphatic heterocycles. The third-order valence-corrected chi connectivity index (χ3v) is 3.16. The van der Waals surface area contributed by atoms with E-state index in [2.05, 4.69) is 6.07 Å². The highest BCUT2D eigenvalue weighted by Crippen LogP contribution is 2.42. The maximum Gasteiger partial charge on any atom is 0.488 e. The summed E-state index contributed by atoms with van der Waals surface area (Å²) in [5.74, 6) is 0. The first-order valence-electron chi connectivity index (χ1n) is 5.06. The fourth-order valence-electron chi connectivity index (χ4n) is 1.99. The molecule has 0 spiro atoms. The number of rotatable bonds is 2. The van der Waals surface area contributed by atoms with Crippen molar-refractivity contribution in [1.29, 1.82) is 5.26 Å². The van der Waals surface area contributed by atoms with Crippen LogP contribution < -0.4 is 5.46 Å². The highest BCUT2D eigenvalue weighted by atomic mass is 16.4. The second kappa shape index (κ2) is 3.69. The van der Waals surface area contributed by atoms with E-state index >= 15 is 0 Å². The normalized spacial score (nSPS) is 17.7. The van der Waals surface area contributed by atoms with Crippen molar-refractivity contribution in [3.05, 3.63) is 29.8 Å². The van der Waals surface area contributed by atoms with Gasteiger partial charge in [-0.2, -0.15) is 5.26 Å². The van der Waals surface area contributed by atoms with Gasteiger partial charge in [-0.15, -0.1) is 0 Å². The maximum absolute atomic E-state index is 9.14. The molecule has 0 radical (unpaired) electrons. The number of nitriles is 1. The van der Waals surface area contributed by atoms with Crippen molar-refractivity contribution in [3.8, 4) is 6.07 Å². The first-order valence-corrected chi connectivity index (χ1v) is 5.06. The van der Waals surface area contributed by atoms with E-state index in [9.17, 15) is 0 Å².